The lowest BCUT2D eigenvalue weighted by Gasteiger charge is -2.31. The van der Waals surface area contributed by atoms with Crippen molar-refractivity contribution in [3.05, 3.63) is 60.0 Å². The van der Waals surface area contributed by atoms with E-state index in [0.29, 0.717) is 38.0 Å². The molecule has 0 radical (unpaired) electrons. The Kier molecular flexibility index (Phi) is 5.84. The third-order valence-corrected chi connectivity index (χ3v) is 5.25. The number of aromatic nitrogens is 3. The van der Waals surface area contributed by atoms with Crippen LogP contribution in [0.1, 0.15) is 36.9 Å². The quantitative estimate of drug-likeness (QED) is 0.720. The first-order chi connectivity index (χ1) is 14.2. The normalized spacial score (nSPS) is 14.7. The molecule has 0 atom stereocenters. The fourth-order valence-electron chi connectivity index (χ4n) is 3.68. The molecule has 3 aromatic rings. The molecule has 0 aliphatic carbocycles. The molecule has 2 amide bonds. The highest BCUT2D eigenvalue weighted by molar-refractivity contribution is 5.75. The zero-order chi connectivity index (χ0) is 20.1. The third-order valence-electron chi connectivity index (χ3n) is 5.25. The summed E-state index contributed by atoms with van der Waals surface area (Å²) in [5.41, 5.74) is 2.73. The summed E-state index contributed by atoms with van der Waals surface area (Å²) in [5, 5.41) is 4.04. The molecule has 7 nitrogen and oxygen atoms in total. The second-order valence-electron chi connectivity index (χ2n) is 7.11. The molecule has 0 aromatic carbocycles. The Morgan fingerprint density at radius 2 is 1.93 bits per heavy atom. The molecule has 0 saturated carbocycles. The molecule has 1 aliphatic heterocycles. The monoisotopic (exact) mass is 391 g/mol. The van der Waals surface area contributed by atoms with Crippen molar-refractivity contribution in [1.82, 2.24) is 25.2 Å². The third kappa shape index (κ3) is 4.45. The molecule has 0 bridgehead atoms. The van der Waals surface area contributed by atoms with Gasteiger partial charge in [0.25, 0.3) is 0 Å². The van der Waals surface area contributed by atoms with E-state index in [2.05, 4.69) is 27.4 Å². The van der Waals surface area contributed by atoms with Crippen LogP contribution in [0.2, 0.25) is 0 Å². The van der Waals surface area contributed by atoms with Crippen LogP contribution < -0.4 is 10.1 Å². The summed E-state index contributed by atoms with van der Waals surface area (Å²) in [4.78, 5) is 27.8. The summed E-state index contributed by atoms with van der Waals surface area (Å²) in [6.07, 6.45) is 5.26. The van der Waals surface area contributed by atoms with Crippen molar-refractivity contribution in [2.45, 2.75) is 32.2 Å². The maximum atomic E-state index is 12.6. The lowest BCUT2D eigenvalue weighted by atomic mass is 9.93. The fourth-order valence-corrected chi connectivity index (χ4v) is 3.68. The second kappa shape index (κ2) is 8.86. The van der Waals surface area contributed by atoms with Gasteiger partial charge in [-0.3, -0.25) is 0 Å². The van der Waals surface area contributed by atoms with Gasteiger partial charge in [-0.05, 0) is 50.1 Å². The van der Waals surface area contributed by atoms with Crippen LogP contribution in [0.4, 0.5) is 4.79 Å². The largest absolute Gasteiger partial charge is 0.478 e. The second-order valence-corrected chi connectivity index (χ2v) is 7.11. The van der Waals surface area contributed by atoms with E-state index < -0.39 is 0 Å². The van der Waals surface area contributed by atoms with Gasteiger partial charge in [-0.25, -0.2) is 19.7 Å². The number of ether oxygens (including phenoxy) is 1. The molecule has 3 aromatic heterocycles. The molecule has 1 N–H and O–H groups in total. The molecule has 0 unspecified atom stereocenters. The number of urea groups is 1. The van der Waals surface area contributed by atoms with E-state index in [1.807, 2.05) is 36.1 Å². The number of carbonyl (C=O) groups excluding carboxylic acids is 1. The average Bonchev–Trinajstić information content (AvgIpc) is 2.78. The summed E-state index contributed by atoms with van der Waals surface area (Å²) in [5.74, 6) is 0.929. The van der Waals surface area contributed by atoms with E-state index in [0.717, 1.165) is 35.1 Å². The summed E-state index contributed by atoms with van der Waals surface area (Å²) in [6.45, 7) is 4.29. The number of piperidine rings is 1. The van der Waals surface area contributed by atoms with Crippen LogP contribution in [0.15, 0.2) is 48.8 Å². The van der Waals surface area contributed by atoms with Gasteiger partial charge >= 0.3 is 6.03 Å². The number of amides is 2. The van der Waals surface area contributed by atoms with Crippen molar-refractivity contribution in [2.75, 3.05) is 19.7 Å². The van der Waals surface area contributed by atoms with Gasteiger partial charge < -0.3 is 15.0 Å². The smallest absolute Gasteiger partial charge is 0.317 e. The average molecular weight is 391 g/mol. The van der Waals surface area contributed by atoms with E-state index in [9.17, 15) is 4.79 Å². The van der Waals surface area contributed by atoms with Gasteiger partial charge in [0.15, 0.2) is 5.65 Å². The first-order valence-corrected chi connectivity index (χ1v) is 10.1. The van der Waals surface area contributed by atoms with E-state index in [-0.39, 0.29) is 6.03 Å². The minimum Gasteiger partial charge on any atom is -0.478 e. The predicted octanol–water partition coefficient (Wildman–Crippen LogP) is 3.51. The first-order valence-electron chi connectivity index (χ1n) is 10.1. The Hall–Kier alpha value is -3.22. The molecule has 1 fully saturated rings. The van der Waals surface area contributed by atoms with Crippen LogP contribution in [0.5, 0.6) is 5.88 Å². The van der Waals surface area contributed by atoms with Crippen LogP contribution in [0.3, 0.4) is 0 Å². The SMILES string of the molecule is CCOc1ncccc1CNC(=O)N1CCC(c2ccc3cccnc3n2)CC1. The Labute approximate surface area is 170 Å². The maximum Gasteiger partial charge on any atom is 0.317 e. The van der Waals surface area contributed by atoms with Crippen LogP contribution >= 0.6 is 0 Å². The number of hydrogen-bond donors (Lipinski definition) is 1. The number of fused-ring (bicyclic) bond motifs is 1. The maximum absolute atomic E-state index is 12.6. The number of nitrogens with one attached hydrogen (secondary N) is 1. The van der Waals surface area contributed by atoms with E-state index in [1.165, 1.54) is 0 Å². The highest BCUT2D eigenvalue weighted by atomic mass is 16.5. The lowest BCUT2D eigenvalue weighted by Crippen LogP contribution is -2.44. The summed E-state index contributed by atoms with van der Waals surface area (Å²) >= 11 is 0. The van der Waals surface area contributed by atoms with E-state index in [1.54, 1.807) is 12.4 Å². The topological polar surface area (TPSA) is 80.2 Å². The molecular formula is C22H25N5O2. The van der Waals surface area contributed by atoms with Crippen molar-refractivity contribution < 1.29 is 9.53 Å². The van der Waals surface area contributed by atoms with Crippen molar-refractivity contribution in [1.29, 1.82) is 0 Å². The minimum atomic E-state index is -0.0529. The highest BCUT2D eigenvalue weighted by Crippen LogP contribution is 2.27. The highest BCUT2D eigenvalue weighted by Gasteiger charge is 2.25. The van der Waals surface area contributed by atoms with Gasteiger partial charge in [0.05, 0.1) is 6.61 Å². The number of carbonyl (C=O) groups is 1. The van der Waals surface area contributed by atoms with Crippen molar-refractivity contribution in [2.24, 2.45) is 0 Å². The van der Waals surface area contributed by atoms with Crippen LogP contribution in [-0.4, -0.2) is 45.6 Å². The fraction of sp³-hybridized carbons (Fsp3) is 0.364. The van der Waals surface area contributed by atoms with E-state index >= 15 is 0 Å². The molecule has 4 rings (SSSR count). The summed E-state index contributed by atoms with van der Waals surface area (Å²) < 4.78 is 5.52. The molecule has 150 valence electrons. The molecule has 29 heavy (non-hydrogen) atoms. The number of hydrogen-bond acceptors (Lipinski definition) is 5. The lowest BCUT2D eigenvalue weighted by molar-refractivity contribution is 0.180. The van der Waals surface area contributed by atoms with Gasteiger partial charge in [0, 0.05) is 54.6 Å². The number of pyridine rings is 3. The van der Waals surface area contributed by atoms with Crippen LogP contribution in [0.25, 0.3) is 11.0 Å². The molecular weight excluding hydrogens is 366 g/mol. The standard InChI is InChI=1S/C22H25N5O2/c1-2-29-21-18(6-4-12-24-21)15-25-22(28)27-13-9-16(10-14-27)19-8-7-17-5-3-11-23-20(17)26-19/h3-8,11-12,16H,2,9-10,13-15H2,1H3,(H,25,28). The van der Waals surface area contributed by atoms with Crippen LogP contribution in [-0.2, 0) is 6.54 Å². The predicted molar refractivity (Wildman–Crippen MR) is 111 cm³/mol. The number of rotatable bonds is 5. The first kappa shape index (κ1) is 19.1. The summed E-state index contributed by atoms with van der Waals surface area (Å²) in [6, 6.07) is 11.8. The van der Waals surface area contributed by atoms with Gasteiger partial charge in [-0.2, -0.15) is 0 Å². The molecule has 1 saturated heterocycles. The van der Waals surface area contributed by atoms with Crippen molar-refractivity contribution in [3.8, 4) is 5.88 Å². The van der Waals surface area contributed by atoms with Gasteiger partial charge in [0.1, 0.15) is 0 Å². The Balaban J connectivity index is 1.32. The van der Waals surface area contributed by atoms with Gasteiger partial charge in [-0.1, -0.05) is 6.07 Å². The van der Waals surface area contributed by atoms with Crippen molar-refractivity contribution in [3.63, 3.8) is 0 Å². The zero-order valence-corrected chi connectivity index (χ0v) is 16.5. The van der Waals surface area contributed by atoms with Crippen molar-refractivity contribution >= 4 is 17.1 Å². The minimum absolute atomic E-state index is 0.0529. The number of likely N-dealkylation sites (tertiary alicyclic amines) is 1. The Morgan fingerprint density at radius 3 is 2.76 bits per heavy atom. The number of nitrogens with zero attached hydrogens (tertiary/aromatic N) is 4. The van der Waals surface area contributed by atoms with E-state index in [4.69, 9.17) is 9.72 Å². The zero-order valence-electron chi connectivity index (χ0n) is 16.5. The molecule has 7 heteroatoms. The molecule has 4 heterocycles. The van der Waals surface area contributed by atoms with Crippen LogP contribution in [0, 0.1) is 0 Å². The van der Waals surface area contributed by atoms with Gasteiger partial charge in [-0.15, -0.1) is 0 Å². The summed E-state index contributed by atoms with van der Waals surface area (Å²) in [7, 11) is 0. The van der Waals surface area contributed by atoms with Gasteiger partial charge in [0.2, 0.25) is 5.88 Å². The molecule has 1 aliphatic rings. The Bertz CT molecular complexity index is 986. The molecule has 0 spiro atoms. The Morgan fingerprint density at radius 1 is 1.14 bits per heavy atom.